The number of ether oxygens (including phenoxy) is 1. The maximum Gasteiger partial charge on any atom is 0.306 e. The van der Waals surface area contributed by atoms with Crippen LogP contribution in [0.25, 0.3) is 0 Å². The second-order valence-electron chi connectivity index (χ2n) is 23.3. The van der Waals surface area contributed by atoms with E-state index in [2.05, 4.69) is 24.5 Å². The average molecular weight is 1120 g/mol. The van der Waals surface area contributed by atoms with Gasteiger partial charge in [0.15, 0.2) is 5.78 Å². The largest absolute Gasteiger partial charge is 0.461 e. The van der Waals surface area contributed by atoms with Crippen LogP contribution in [0.5, 0.6) is 0 Å². The predicted molar refractivity (Wildman–Crippen MR) is 322 cm³/mol. The Morgan fingerprint density at radius 3 is 1.57 bits per heavy atom. The summed E-state index contributed by atoms with van der Waals surface area (Å²) < 4.78 is 5.60. The molecule has 0 aliphatic carbocycles. The number of nitrogens with two attached hydrogens (primary N) is 2. The van der Waals surface area contributed by atoms with Gasteiger partial charge in [-0.15, -0.1) is 0 Å². The highest BCUT2D eigenvalue weighted by molar-refractivity contribution is 5.95. The first-order valence-corrected chi connectivity index (χ1v) is 32.6. The summed E-state index contributed by atoms with van der Waals surface area (Å²) in [4.78, 5) is 103. The second kappa shape index (κ2) is 45.2. The van der Waals surface area contributed by atoms with Gasteiger partial charge in [-0.25, -0.2) is 0 Å². The molecule has 1 aromatic carbocycles. The number of unbranched alkanes of at least 4 members (excludes halogenated alkanes) is 23. The molecule has 5 amide bonds. The lowest BCUT2D eigenvalue weighted by Crippen LogP contribution is -2.51. The molecule has 0 radical (unpaired) electrons. The van der Waals surface area contributed by atoms with Crippen molar-refractivity contribution in [2.24, 2.45) is 17.4 Å². The molecule has 456 valence electrons. The third-order valence-electron chi connectivity index (χ3n) is 16.5. The lowest BCUT2D eigenvalue weighted by atomic mass is 9.90. The van der Waals surface area contributed by atoms with Gasteiger partial charge in [-0.3, -0.25) is 33.6 Å². The normalized spacial score (nSPS) is 15.9. The van der Waals surface area contributed by atoms with Gasteiger partial charge in [0.1, 0.15) is 18.7 Å². The Balaban J connectivity index is 1.67. The van der Waals surface area contributed by atoms with Crippen LogP contribution in [0.1, 0.15) is 263 Å². The van der Waals surface area contributed by atoms with Crippen LogP contribution in [-0.4, -0.2) is 120 Å². The number of hydrogen-bond acceptors (Lipinski definition) is 10. The minimum absolute atomic E-state index is 0.0392. The standard InChI is InChI=1S/C65H113N7O8/c1-3-5-7-9-11-13-15-17-19-21-27-41-60(74)71-50-33-39-57(71)63(77)68-47-31-29-38-56(69-64(78)58-40-34-51-72(58)61(75)42-28-22-20-18-16-14-12-10-8-6-4-2)59(73)52-55(43-44-62(76)80-53-54-36-25-23-26-37-54)65(79)70(49-35-46-67)48-32-24-30-45-66/h23,25-26,36-37,55-58H,3-22,24,27-35,38-53,66-67H2,1-2H3,(H,68,77)(H,69,78). The maximum absolute atomic E-state index is 14.8. The number of amides is 5. The van der Waals surface area contributed by atoms with E-state index in [0.717, 1.165) is 69.8 Å². The maximum atomic E-state index is 14.8. The lowest BCUT2D eigenvalue weighted by molar-refractivity contribution is -0.146. The molecule has 2 fully saturated rings. The van der Waals surface area contributed by atoms with E-state index in [0.29, 0.717) is 97.2 Å². The Morgan fingerprint density at radius 2 is 1.05 bits per heavy atom. The topological polar surface area (TPSA) is 215 Å². The number of carbonyl (C=O) groups is 7. The summed E-state index contributed by atoms with van der Waals surface area (Å²) in [7, 11) is 0. The Kier molecular flexibility index (Phi) is 39.5. The summed E-state index contributed by atoms with van der Waals surface area (Å²) in [6.07, 6.45) is 33.7. The van der Waals surface area contributed by atoms with Gasteiger partial charge >= 0.3 is 5.97 Å². The Labute approximate surface area is 484 Å². The molecule has 6 N–H and O–H groups in total. The van der Waals surface area contributed by atoms with Crippen molar-refractivity contribution in [3.8, 4) is 0 Å². The third kappa shape index (κ3) is 30.1. The van der Waals surface area contributed by atoms with Gasteiger partial charge in [0.05, 0.1) is 6.04 Å². The minimum Gasteiger partial charge on any atom is -0.461 e. The van der Waals surface area contributed by atoms with Crippen LogP contribution in [0.15, 0.2) is 30.3 Å². The van der Waals surface area contributed by atoms with Crippen molar-refractivity contribution in [3.05, 3.63) is 35.9 Å². The molecular weight excluding hydrogens is 1010 g/mol. The number of nitrogens with one attached hydrogen (secondary N) is 2. The molecule has 15 heteroatoms. The van der Waals surface area contributed by atoms with E-state index < -0.39 is 30.0 Å². The number of Topliss-reactive ketones (excluding diaryl/α,β-unsaturated/α-hetero) is 1. The van der Waals surface area contributed by atoms with Crippen LogP contribution in [0.4, 0.5) is 0 Å². The van der Waals surface area contributed by atoms with Crippen molar-refractivity contribution in [3.63, 3.8) is 0 Å². The number of carbonyl (C=O) groups excluding carboxylic acids is 7. The van der Waals surface area contributed by atoms with Crippen molar-refractivity contribution in [2.75, 3.05) is 45.8 Å². The molecule has 4 unspecified atom stereocenters. The van der Waals surface area contributed by atoms with E-state index in [1.54, 1.807) is 14.7 Å². The molecule has 15 nitrogen and oxygen atoms in total. The molecule has 0 spiro atoms. The summed E-state index contributed by atoms with van der Waals surface area (Å²) in [5.74, 6) is -2.44. The summed E-state index contributed by atoms with van der Waals surface area (Å²) in [5, 5.41) is 6.12. The van der Waals surface area contributed by atoms with Crippen LogP contribution in [0.2, 0.25) is 0 Å². The predicted octanol–water partition coefficient (Wildman–Crippen LogP) is 11.5. The summed E-state index contributed by atoms with van der Waals surface area (Å²) in [6, 6.07) is 7.20. The number of rotatable bonds is 49. The fourth-order valence-electron chi connectivity index (χ4n) is 11.5. The zero-order chi connectivity index (χ0) is 57.8. The third-order valence-corrected chi connectivity index (χ3v) is 16.5. The first-order chi connectivity index (χ1) is 39.0. The van der Waals surface area contributed by atoms with Crippen molar-refractivity contribution in [2.45, 2.75) is 283 Å². The van der Waals surface area contributed by atoms with Gasteiger partial charge in [-0.05, 0) is 102 Å². The van der Waals surface area contributed by atoms with Crippen molar-refractivity contribution in [1.29, 1.82) is 0 Å². The molecular formula is C65H113N7O8. The number of esters is 1. The van der Waals surface area contributed by atoms with Crippen LogP contribution >= 0.6 is 0 Å². The summed E-state index contributed by atoms with van der Waals surface area (Å²) >= 11 is 0. The van der Waals surface area contributed by atoms with Crippen LogP contribution in [0, 0.1) is 5.92 Å². The smallest absolute Gasteiger partial charge is 0.306 e. The van der Waals surface area contributed by atoms with E-state index in [4.69, 9.17) is 16.2 Å². The lowest BCUT2D eigenvalue weighted by Gasteiger charge is -2.29. The number of nitrogens with zero attached hydrogens (tertiary/aromatic N) is 3. The zero-order valence-corrected chi connectivity index (χ0v) is 50.5. The summed E-state index contributed by atoms with van der Waals surface area (Å²) in [6.45, 7) is 7.77. The molecule has 80 heavy (non-hydrogen) atoms. The number of benzene rings is 1. The van der Waals surface area contributed by atoms with E-state index in [1.807, 2.05) is 30.3 Å². The minimum atomic E-state index is -0.969. The SMILES string of the molecule is CCCCCCCCCCCCCC(=O)N1CCCC1C(=O)NCCCCC(NC(=O)C1CCCN1C(=O)CCCCCCCCCCCCC)C(=O)CC(CCC(=O)OCc1ccccc1)C(=O)N(CCCN)CCCCCN. The van der Waals surface area contributed by atoms with Gasteiger partial charge in [-0.2, -0.15) is 0 Å². The van der Waals surface area contributed by atoms with E-state index in [1.165, 1.54) is 103 Å². The molecule has 0 aromatic heterocycles. The molecule has 2 saturated heterocycles. The van der Waals surface area contributed by atoms with E-state index in [9.17, 15) is 33.6 Å². The van der Waals surface area contributed by atoms with Gasteiger partial charge in [0.25, 0.3) is 0 Å². The van der Waals surface area contributed by atoms with Crippen LogP contribution < -0.4 is 22.1 Å². The average Bonchev–Trinajstić information content (AvgIpc) is 4.18. The highest BCUT2D eigenvalue weighted by Gasteiger charge is 2.37. The number of ketones is 1. The van der Waals surface area contributed by atoms with E-state index in [-0.39, 0.29) is 67.6 Å². The van der Waals surface area contributed by atoms with Gasteiger partial charge in [-0.1, -0.05) is 179 Å². The molecule has 2 aliphatic rings. The van der Waals surface area contributed by atoms with Crippen molar-refractivity contribution >= 4 is 41.3 Å². The number of hydrogen-bond donors (Lipinski definition) is 4. The quantitative estimate of drug-likeness (QED) is 0.0358. The summed E-state index contributed by atoms with van der Waals surface area (Å²) in [5.41, 5.74) is 12.5. The monoisotopic (exact) mass is 1120 g/mol. The molecule has 0 saturated carbocycles. The molecule has 2 aliphatic heterocycles. The number of likely N-dealkylation sites (tertiary alicyclic amines) is 2. The first-order valence-electron chi connectivity index (χ1n) is 32.6. The molecule has 1 aromatic rings. The Bertz CT molecular complexity index is 1850. The first kappa shape index (κ1) is 69.9. The Morgan fingerprint density at radius 1 is 0.562 bits per heavy atom. The van der Waals surface area contributed by atoms with Gasteiger partial charge in [0.2, 0.25) is 29.5 Å². The van der Waals surface area contributed by atoms with Crippen LogP contribution in [-0.2, 0) is 44.9 Å². The van der Waals surface area contributed by atoms with Crippen LogP contribution in [0.3, 0.4) is 0 Å². The highest BCUT2D eigenvalue weighted by atomic mass is 16.5. The Hall–Kier alpha value is -4.37. The molecule has 2 heterocycles. The fraction of sp³-hybridized carbons (Fsp3) is 0.800. The molecule has 4 atom stereocenters. The van der Waals surface area contributed by atoms with Gasteiger partial charge < -0.3 is 41.5 Å². The molecule has 0 bridgehead atoms. The zero-order valence-electron chi connectivity index (χ0n) is 50.5. The molecule has 3 rings (SSSR count). The fourth-order valence-corrected chi connectivity index (χ4v) is 11.5. The van der Waals surface area contributed by atoms with E-state index >= 15 is 0 Å². The second-order valence-corrected chi connectivity index (χ2v) is 23.3. The highest BCUT2D eigenvalue weighted by Crippen LogP contribution is 2.25. The van der Waals surface area contributed by atoms with Crippen molar-refractivity contribution in [1.82, 2.24) is 25.3 Å². The van der Waals surface area contributed by atoms with Crippen molar-refractivity contribution < 1.29 is 38.3 Å². The van der Waals surface area contributed by atoms with Gasteiger partial charge in [0, 0.05) is 64.3 Å².